The number of sulfonamides is 1. The summed E-state index contributed by atoms with van der Waals surface area (Å²) in [5.41, 5.74) is 2.43. The van der Waals surface area contributed by atoms with Crippen LogP contribution in [0.4, 0.5) is 0 Å². The molecular weight excluding hydrogens is 334 g/mol. The van der Waals surface area contributed by atoms with Crippen LogP contribution in [0.25, 0.3) is 6.08 Å². The first-order valence-corrected chi connectivity index (χ1v) is 9.68. The van der Waals surface area contributed by atoms with Crippen LogP contribution >= 0.6 is 0 Å². The zero-order chi connectivity index (χ0) is 18.0. The van der Waals surface area contributed by atoms with E-state index in [0.29, 0.717) is 5.57 Å². The third-order valence-corrected chi connectivity index (χ3v) is 6.21. The molecule has 2 aromatic rings. The lowest BCUT2D eigenvalue weighted by atomic mass is 9.94. The predicted molar refractivity (Wildman–Crippen MR) is 98.5 cm³/mol. The summed E-state index contributed by atoms with van der Waals surface area (Å²) in [5, 5.41) is 0. The Bertz CT molecular complexity index is 900. The van der Waals surface area contributed by atoms with E-state index in [9.17, 15) is 13.2 Å². The van der Waals surface area contributed by atoms with Crippen molar-refractivity contribution in [3.05, 3.63) is 71.3 Å². The minimum absolute atomic E-state index is 0.0132. The molecule has 0 amide bonds. The topological polar surface area (TPSA) is 54.5 Å². The van der Waals surface area contributed by atoms with E-state index < -0.39 is 10.0 Å². The lowest BCUT2D eigenvalue weighted by molar-refractivity contribution is -0.120. The number of benzene rings is 2. The smallest absolute Gasteiger partial charge is 0.243 e. The molecule has 1 atom stereocenters. The lowest BCUT2D eigenvalue weighted by Crippen LogP contribution is -2.44. The fourth-order valence-electron chi connectivity index (χ4n) is 2.95. The van der Waals surface area contributed by atoms with Gasteiger partial charge < -0.3 is 0 Å². The summed E-state index contributed by atoms with van der Waals surface area (Å²) < 4.78 is 27.3. The number of hydrogen-bond acceptors (Lipinski definition) is 3. The summed E-state index contributed by atoms with van der Waals surface area (Å²) in [6.45, 7) is 4.01. The van der Waals surface area contributed by atoms with E-state index in [-0.39, 0.29) is 29.7 Å². The van der Waals surface area contributed by atoms with Crippen LogP contribution in [-0.4, -0.2) is 31.6 Å². The predicted octanol–water partition coefficient (Wildman–Crippen LogP) is 3.29. The van der Waals surface area contributed by atoms with Gasteiger partial charge in [-0.25, -0.2) is 8.42 Å². The fraction of sp³-hybridized carbons (Fsp3) is 0.250. The molecule has 0 radical (unpaired) electrons. The Morgan fingerprint density at radius 1 is 1.04 bits per heavy atom. The summed E-state index contributed by atoms with van der Waals surface area (Å²) in [5.74, 6) is -0.344. The number of nitrogens with zero attached hydrogens (tertiary/aromatic N) is 1. The van der Waals surface area contributed by atoms with Gasteiger partial charge in [0.05, 0.1) is 4.90 Å². The van der Waals surface area contributed by atoms with Crippen molar-refractivity contribution in [3.8, 4) is 0 Å². The highest BCUT2D eigenvalue weighted by atomic mass is 32.2. The molecule has 0 spiro atoms. The van der Waals surface area contributed by atoms with E-state index in [2.05, 4.69) is 0 Å². The van der Waals surface area contributed by atoms with Gasteiger partial charge in [0, 0.05) is 24.6 Å². The highest BCUT2D eigenvalue weighted by molar-refractivity contribution is 7.89. The van der Waals surface area contributed by atoms with Crippen LogP contribution < -0.4 is 0 Å². The van der Waals surface area contributed by atoms with E-state index in [4.69, 9.17) is 0 Å². The SMILES string of the molecule is Cc1ccc(S(=O)(=O)N2C/C(=C/c3ccccc3)C(=O)C(C)C2)cc1. The number of aryl methyl sites for hydroxylation is 1. The zero-order valence-electron chi connectivity index (χ0n) is 14.3. The second kappa shape index (κ2) is 6.94. The maximum absolute atomic E-state index is 12.9. The van der Waals surface area contributed by atoms with Gasteiger partial charge in [-0.2, -0.15) is 4.31 Å². The number of hydrogen-bond donors (Lipinski definition) is 0. The van der Waals surface area contributed by atoms with Gasteiger partial charge in [0.15, 0.2) is 5.78 Å². The molecule has 0 aromatic heterocycles. The number of Topliss-reactive ketones (excluding diaryl/α,β-unsaturated/α-hetero) is 1. The molecular formula is C20H21NO3S. The minimum atomic E-state index is -3.62. The van der Waals surface area contributed by atoms with E-state index in [1.807, 2.05) is 37.3 Å². The molecule has 0 aliphatic carbocycles. The van der Waals surface area contributed by atoms with Crippen LogP contribution in [-0.2, 0) is 14.8 Å². The number of rotatable bonds is 3. The normalized spacial score (nSPS) is 20.8. The first-order chi connectivity index (χ1) is 11.9. The van der Waals surface area contributed by atoms with Gasteiger partial charge in [-0.05, 0) is 30.7 Å². The molecule has 1 unspecified atom stereocenters. The highest BCUT2D eigenvalue weighted by Gasteiger charge is 2.35. The summed E-state index contributed by atoms with van der Waals surface area (Å²) in [6, 6.07) is 16.3. The van der Waals surface area contributed by atoms with Crippen molar-refractivity contribution in [1.29, 1.82) is 0 Å². The third-order valence-electron chi connectivity index (χ3n) is 4.39. The van der Waals surface area contributed by atoms with Crippen molar-refractivity contribution in [2.75, 3.05) is 13.1 Å². The summed E-state index contributed by atoms with van der Waals surface area (Å²) in [6.07, 6.45) is 1.79. The molecule has 3 rings (SSSR count). The minimum Gasteiger partial charge on any atom is -0.294 e. The van der Waals surface area contributed by atoms with E-state index in [1.54, 1.807) is 37.3 Å². The molecule has 2 aromatic carbocycles. The average Bonchev–Trinajstić information content (AvgIpc) is 2.60. The first-order valence-electron chi connectivity index (χ1n) is 8.24. The number of carbonyl (C=O) groups is 1. The number of ketones is 1. The van der Waals surface area contributed by atoms with Crippen LogP contribution in [0.2, 0.25) is 0 Å². The Kier molecular flexibility index (Phi) is 4.88. The van der Waals surface area contributed by atoms with Gasteiger partial charge in [0.1, 0.15) is 0 Å². The molecule has 1 fully saturated rings. The van der Waals surface area contributed by atoms with E-state index in [0.717, 1.165) is 11.1 Å². The summed E-state index contributed by atoms with van der Waals surface area (Å²) in [7, 11) is -3.62. The van der Waals surface area contributed by atoms with E-state index >= 15 is 0 Å². The van der Waals surface area contributed by atoms with Gasteiger partial charge in [0.2, 0.25) is 10.0 Å². The first kappa shape index (κ1) is 17.6. The molecule has 0 N–H and O–H groups in total. The quantitative estimate of drug-likeness (QED) is 0.794. The average molecular weight is 355 g/mol. The Morgan fingerprint density at radius 3 is 2.32 bits per heavy atom. The van der Waals surface area contributed by atoms with Crippen molar-refractivity contribution in [2.24, 2.45) is 5.92 Å². The second-order valence-electron chi connectivity index (χ2n) is 6.46. The standard InChI is InChI=1S/C20H21NO3S/c1-15-8-10-19(11-9-15)25(23,24)21-13-16(2)20(22)18(14-21)12-17-6-4-3-5-7-17/h3-12,16H,13-14H2,1-2H3/b18-12-. The van der Waals surface area contributed by atoms with Crippen molar-refractivity contribution in [1.82, 2.24) is 4.31 Å². The van der Waals surface area contributed by atoms with Crippen molar-refractivity contribution in [3.63, 3.8) is 0 Å². The van der Waals surface area contributed by atoms with Crippen LogP contribution in [0.15, 0.2) is 65.1 Å². The van der Waals surface area contributed by atoms with Crippen LogP contribution in [0.1, 0.15) is 18.1 Å². The maximum Gasteiger partial charge on any atom is 0.243 e. The fourth-order valence-corrected chi connectivity index (χ4v) is 4.45. The van der Waals surface area contributed by atoms with Crippen LogP contribution in [0, 0.1) is 12.8 Å². The third kappa shape index (κ3) is 3.72. The van der Waals surface area contributed by atoms with Crippen molar-refractivity contribution < 1.29 is 13.2 Å². The van der Waals surface area contributed by atoms with Gasteiger partial charge in [-0.15, -0.1) is 0 Å². The lowest BCUT2D eigenvalue weighted by Gasteiger charge is -2.31. The molecule has 0 bridgehead atoms. The molecule has 5 heteroatoms. The molecule has 0 saturated carbocycles. The molecule has 1 heterocycles. The molecule has 1 aliphatic heterocycles. The highest BCUT2D eigenvalue weighted by Crippen LogP contribution is 2.26. The molecule has 1 saturated heterocycles. The summed E-state index contributed by atoms with van der Waals surface area (Å²) >= 11 is 0. The van der Waals surface area contributed by atoms with Gasteiger partial charge >= 0.3 is 0 Å². The maximum atomic E-state index is 12.9. The Labute approximate surface area is 148 Å². The second-order valence-corrected chi connectivity index (χ2v) is 8.39. The van der Waals surface area contributed by atoms with Crippen molar-refractivity contribution in [2.45, 2.75) is 18.7 Å². The molecule has 130 valence electrons. The Balaban J connectivity index is 1.94. The number of piperidine rings is 1. The molecule has 25 heavy (non-hydrogen) atoms. The van der Waals surface area contributed by atoms with Gasteiger partial charge in [-0.1, -0.05) is 55.0 Å². The Morgan fingerprint density at radius 2 is 1.68 bits per heavy atom. The largest absolute Gasteiger partial charge is 0.294 e. The molecule has 4 nitrogen and oxygen atoms in total. The Hall–Kier alpha value is -2.24. The van der Waals surface area contributed by atoms with Gasteiger partial charge in [0.25, 0.3) is 0 Å². The van der Waals surface area contributed by atoms with Crippen LogP contribution in [0.5, 0.6) is 0 Å². The van der Waals surface area contributed by atoms with Gasteiger partial charge in [-0.3, -0.25) is 4.79 Å². The monoisotopic (exact) mass is 355 g/mol. The number of carbonyl (C=O) groups excluding carboxylic acids is 1. The van der Waals surface area contributed by atoms with Crippen LogP contribution in [0.3, 0.4) is 0 Å². The molecule has 1 aliphatic rings. The van der Waals surface area contributed by atoms with Crippen molar-refractivity contribution >= 4 is 21.9 Å². The summed E-state index contributed by atoms with van der Waals surface area (Å²) in [4.78, 5) is 12.8. The van der Waals surface area contributed by atoms with E-state index in [1.165, 1.54) is 4.31 Å². The zero-order valence-corrected chi connectivity index (χ0v) is 15.2.